The Bertz CT molecular complexity index is 129. The maximum absolute atomic E-state index is 6.96. The number of nitrogens with one attached hydrogen (secondary N) is 3. The van der Waals surface area contributed by atoms with E-state index in [0.717, 1.165) is 38.2 Å². The number of hydrogen-bond acceptors (Lipinski definition) is 2. The van der Waals surface area contributed by atoms with E-state index in [4.69, 9.17) is 5.73 Å². The molecule has 3 nitrogen and oxygen atoms in total. The molecule has 0 radical (unpaired) electrons. The van der Waals surface area contributed by atoms with Gasteiger partial charge in [-0.15, -0.1) is 0 Å². The van der Waals surface area contributed by atoms with Gasteiger partial charge in [0.1, 0.15) is 0 Å². The molecule has 0 saturated carbocycles. The molecule has 0 aromatic carbocycles. The maximum Gasteiger partial charge on any atom is 0.0269 e. The van der Waals surface area contributed by atoms with Gasteiger partial charge in [-0.05, 0) is 13.0 Å². The van der Waals surface area contributed by atoms with Crippen LogP contribution < -0.4 is 10.6 Å². The zero-order chi connectivity index (χ0) is 11.9. The van der Waals surface area contributed by atoms with E-state index in [9.17, 15) is 0 Å². The van der Waals surface area contributed by atoms with Crippen LogP contribution in [0.2, 0.25) is 0 Å². The molecule has 0 spiro atoms. The molecule has 0 fully saturated rings. The Kier molecular flexibility index (Phi) is 27.5. The molecule has 0 aliphatic rings. The molecule has 0 aliphatic heterocycles. The third-order valence-electron chi connectivity index (χ3n) is 1.58. The zero-order valence-corrected chi connectivity index (χ0v) is 14.0. The normalized spacial score (nSPS) is 8.50. The molecule has 0 rings (SSSR count). The van der Waals surface area contributed by atoms with Gasteiger partial charge in [-0.25, -0.2) is 0 Å². The van der Waals surface area contributed by atoms with Crippen LogP contribution in [-0.2, 0) is 21.1 Å². The summed E-state index contributed by atoms with van der Waals surface area (Å²) in [6.45, 7) is 13.6. The second kappa shape index (κ2) is 20.5. The van der Waals surface area contributed by atoms with Gasteiger partial charge in [0.25, 0.3) is 0 Å². The fraction of sp³-hybridized carbons (Fsp3) is 0.833. The fourth-order valence-electron chi connectivity index (χ4n) is 0.895. The van der Waals surface area contributed by atoms with E-state index < -0.39 is 0 Å². The molecular weight excluding hydrogens is 370 g/mol. The molecule has 0 aliphatic carbocycles. The first-order valence-electron chi connectivity index (χ1n) is 5.99. The maximum atomic E-state index is 6.96. The fourth-order valence-corrected chi connectivity index (χ4v) is 0.895. The first-order valence-corrected chi connectivity index (χ1v) is 5.99. The van der Waals surface area contributed by atoms with Crippen molar-refractivity contribution in [1.82, 2.24) is 10.6 Å². The Morgan fingerprint density at radius 2 is 1.75 bits per heavy atom. The first kappa shape index (κ1) is 21.4. The van der Waals surface area contributed by atoms with Crippen LogP contribution >= 0.6 is 0 Å². The minimum Gasteiger partial charge on any atom is -0.677 e. The predicted molar refractivity (Wildman–Crippen MR) is 70.1 cm³/mol. The minimum atomic E-state index is 0. The van der Waals surface area contributed by atoms with Gasteiger partial charge >= 0.3 is 0 Å². The molecule has 0 unspecified atom stereocenters. The van der Waals surface area contributed by atoms with Crippen molar-refractivity contribution >= 4 is 0 Å². The second-order valence-electron chi connectivity index (χ2n) is 3.44. The largest absolute Gasteiger partial charge is 0.677 e. The summed E-state index contributed by atoms with van der Waals surface area (Å²) in [4.78, 5) is 0. The van der Waals surface area contributed by atoms with Crippen molar-refractivity contribution in [3.05, 3.63) is 18.0 Å². The van der Waals surface area contributed by atoms with Gasteiger partial charge in [0.2, 0.25) is 0 Å². The van der Waals surface area contributed by atoms with Gasteiger partial charge in [0, 0.05) is 39.9 Å². The van der Waals surface area contributed by atoms with Crippen LogP contribution in [0.5, 0.6) is 0 Å². The SMILES string of the molecule is C=C(CCC[NH-])NCCNCC.CCC.[W]. The zero-order valence-electron chi connectivity index (χ0n) is 11.1. The van der Waals surface area contributed by atoms with E-state index in [1.54, 1.807) is 0 Å². The van der Waals surface area contributed by atoms with E-state index in [1.807, 2.05) is 0 Å². The van der Waals surface area contributed by atoms with E-state index in [1.165, 1.54) is 6.42 Å². The van der Waals surface area contributed by atoms with Gasteiger partial charge in [-0.1, -0.05) is 40.2 Å². The van der Waals surface area contributed by atoms with Crippen LogP contribution in [0.1, 0.15) is 40.0 Å². The molecule has 0 bridgehead atoms. The van der Waals surface area contributed by atoms with Gasteiger partial charge in [0.15, 0.2) is 0 Å². The molecule has 3 N–H and O–H groups in total. The topological polar surface area (TPSA) is 47.9 Å². The summed E-state index contributed by atoms with van der Waals surface area (Å²) in [7, 11) is 0. The summed E-state index contributed by atoms with van der Waals surface area (Å²) in [6, 6.07) is 0. The minimum absolute atomic E-state index is 0. The molecule has 0 atom stereocenters. The monoisotopic (exact) mass is 398 g/mol. The summed E-state index contributed by atoms with van der Waals surface area (Å²) >= 11 is 0. The van der Waals surface area contributed by atoms with E-state index in [2.05, 4.69) is 38.0 Å². The van der Waals surface area contributed by atoms with Crippen LogP contribution in [0.25, 0.3) is 5.73 Å². The Balaban J connectivity index is -0.000000377. The smallest absolute Gasteiger partial charge is 0.0269 e. The van der Waals surface area contributed by atoms with Crippen LogP contribution in [0.15, 0.2) is 12.3 Å². The third kappa shape index (κ3) is 23.7. The molecule has 0 aromatic rings. The van der Waals surface area contributed by atoms with Crippen molar-refractivity contribution in [2.24, 2.45) is 0 Å². The molecule has 0 aromatic heterocycles. The van der Waals surface area contributed by atoms with Crippen LogP contribution in [0.3, 0.4) is 0 Å². The molecule has 0 amide bonds. The molecule has 0 saturated heterocycles. The Morgan fingerprint density at radius 3 is 2.19 bits per heavy atom. The van der Waals surface area contributed by atoms with Crippen molar-refractivity contribution in [2.45, 2.75) is 40.0 Å². The van der Waals surface area contributed by atoms with Crippen LogP contribution in [0, 0.1) is 0 Å². The summed E-state index contributed by atoms with van der Waals surface area (Å²) in [5.41, 5.74) is 8.01. The van der Waals surface area contributed by atoms with Crippen molar-refractivity contribution in [2.75, 3.05) is 26.2 Å². The number of hydrogen-bond donors (Lipinski definition) is 2. The van der Waals surface area contributed by atoms with E-state index in [-0.39, 0.29) is 21.1 Å². The van der Waals surface area contributed by atoms with E-state index in [0.29, 0.717) is 6.54 Å². The van der Waals surface area contributed by atoms with Crippen molar-refractivity contribution < 1.29 is 21.1 Å². The summed E-state index contributed by atoms with van der Waals surface area (Å²) in [5, 5.41) is 6.43. The van der Waals surface area contributed by atoms with Crippen molar-refractivity contribution in [1.29, 1.82) is 0 Å². The van der Waals surface area contributed by atoms with Gasteiger partial charge in [-0.2, -0.15) is 6.54 Å². The van der Waals surface area contributed by atoms with E-state index >= 15 is 0 Å². The number of allylic oxidation sites excluding steroid dienone is 1. The van der Waals surface area contributed by atoms with Gasteiger partial charge in [-0.3, -0.25) is 0 Å². The standard InChI is InChI=1S/C9H20N3.C3H8.W/c1-3-11-7-8-12-9(2)5-4-6-10;1-3-2;/h10-12H,2-8H2,1H3;3H2,1-2H3;/q-1;;. The molecule has 0 heterocycles. The van der Waals surface area contributed by atoms with Gasteiger partial charge < -0.3 is 16.4 Å². The predicted octanol–water partition coefficient (Wildman–Crippen LogP) is 2.95. The molecule has 16 heavy (non-hydrogen) atoms. The Morgan fingerprint density at radius 1 is 1.19 bits per heavy atom. The summed E-state index contributed by atoms with van der Waals surface area (Å²) in [5.74, 6) is 0. The van der Waals surface area contributed by atoms with Crippen molar-refractivity contribution in [3.8, 4) is 0 Å². The van der Waals surface area contributed by atoms with Crippen LogP contribution in [0.4, 0.5) is 0 Å². The number of rotatable bonds is 8. The number of likely N-dealkylation sites (N-methyl/N-ethyl adjacent to an activating group) is 1. The van der Waals surface area contributed by atoms with Gasteiger partial charge in [0.05, 0.1) is 0 Å². The third-order valence-corrected chi connectivity index (χ3v) is 1.58. The summed E-state index contributed by atoms with van der Waals surface area (Å²) < 4.78 is 0. The summed E-state index contributed by atoms with van der Waals surface area (Å²) in [6.07, 6.45) is 3.09. The Hall–Kier alpha value is 0.148. The average Bonchev–Trinajstić information content (AvgIpc) is 2.23. The van der Waals surface area contributed by atoms with Crippen molar-refractivity contribution in [3.63, 3.8) is 0 Å². The first-order chi connectivity index (χ1) is 7.22. The Labute approximate surface area is 116 Å². The molecule has 4 heteroatoms. The molecular formula is C12H28N3W-. The quantitative estimate of drug-likeness (QED) is 0.618. The molecule has 98 valence electrons. The average molecular weight is 398 g/mol. The second-order valence-corrected chi connectivity index (χ2v) is 3.44. The van der Waals surface area contributed by atoms with Crippen LogP contribution in [-0.4, -0.2) is 26.2 Å².